The quantitative estimate of drug-likeness (QED) is 0.535. The molecule has 3 atom stereocenters. The molecule has 3 N–H and O–H groups in total. The number of rotatable bonds is 1. The molecule has 3 nitrogen and oxygen atoms in total. The zero-order valence-electron chi connectivity index (χ0n) is 6.16. The van der Waals surface area contributed by atoms with Crippen LogP contribution in [-0.2, 0) is 4.79 Å². The lowest BCUT2D eigenvalue weighted by molar-refractivity contribution is -0.142. The first-order valence-electron chi connectivity index (χ1n) is 3.83. The molecule has 3 heteroatoms. The first-order valence-corrected chi connectivity index (χ1v) is 3.83. The van der Waals surface area contributed by atoms with Crippen molar-refractivity contribution in [1.29, 1.82) is 0 Å². The molecule has 0 aliphatic heterocycles. The summed E-state index contributed by atoms with van der Waals surface area (Å²) in [5, 5.41) is 8.79. The number of carbonyl (C=O) groups is 1. The van der Waals surface area contributed by atoms with Gasteiger partial charge in [0, 0.05) is 5.54 Å². The standard InChI is InChI=1S/C8H11NO2/c9-8-2-1-5(4-8)3-6(8)7(10)11/h1-2,5-6H,3-4,9H2,(H,10,11). The van der Waals surface area contributed by atoms with E-state index in [1.807, 2.05) is 12.2 Å². The summed E-state index contributed by atoms with van der Waals surface area (Å²) in [6, 6.07) is 0. The predicted octanol–water partition coefficient (Wildman–Crippen LogP) is 0.364. The lowest BCUT2D eigenvalue weighted by Gasteiger charge is -2.23. The third-order valence-corrected chi connectivity index (χ3v) is 2.78. The summed E-state index contributed by atoms with van der Waals surface area (Å²) in [6.07, 6.45) is 5.45. The van der Waals surface area contributed by atoms with Gasteiger partial charge in [0.25, 0.3) is 0 Å². The number of nitrogens with two attached hydrogens (primary N) is 1. The molecule has 0 saturated heterocycles. The third-order valence-electron chi connectivity index (χ3n) is 2.78. The summed E-state index contributed by atoms with van der Waals surface area (Å²) in [5.74, 6) is -0.682. The van der Waals surface area contributed by atoms with Crippen LogP contribution in [0.4, 0.5) is 0 Å². The van der Waals surface area contributed by atoms with Gasteiger partial charge in [-0.1, -0.05) is 12.2 Å². The minimum atomic E-state index is -0.751. The molecule has 0 radical (unpaired) electrons. The molecule has 2 aliphatic carbocycles. The summed E-state index contributed by atoms with van der Waals surface area (Å²) >= 11 is 0. The van der Waals surface area contributed by atoms with E-state index in [-0.39, 0.29) is 5.92 Å². The molecule has 3 unspecified atom stereocenters. The van der Waals surface area contributed by atoms with Gasteiger partial charge in [0.05, 0.1) is 5.92 Å². The van der Waals surface area contributed by atoms with Crippen LogP contribution in [0, 0.1) is 11.8 Å². The van der Waals surface area contributed by atoms with Gasteiger partial charge in [-0.25, -0.2) is 0 Å². The van der Waals surface area contributed by atoms with E-state index in [9.17, 15) is 4.79 Å². The van der Waals surface area contributed by atoms with Gasteiger partial charge in [-0.15, -0.1) is 0 Å². The summed E-state index contributed by atoms with van der Waals surface area (Å²) < 4.78 is 0. The molecule has 0 aromatic rings. The van der Waals surface area contributed by atoms with E-state index in [4.69, 9.17) is 10.8 Å². The van der Waals surface area contributed by atoms with Crippen LogP contribution in [0.25, 0.3) is 0 Å². The number of carboxylic acid groups (broad SMARTS) is 1. The van der Waals surface area contributed by atoms with E-state index in [1.54, 1.807) is 0 Å². The average Bonchev–Trinajstić information content (AvgIpc) is 2.41. The minimum absolute atomic E-state index is 0.350. The van der Waals surface area contributed by atoms with Crippen LogP contribution >= 0.6 is 0 Å². The number of carboxylic acids is 1. The van der Waals surface area contributed by atoms with E-state index < -0.39 is 11.5 Å². The Morgan fingerprint density at radius 2 is 2.45 bits per heavy atom. The van der Waals surface area contributed by atoms with Crippen molar-refractivity contribution in [2.75, 3.05) is 0 Å². The fraction of sp³-hybridized carbons (Fsp3) is 0.625. The maximum Gasteiger partial charge on any atom is 0.308 e. The van der Waals surface area contributed by atoms with Crippen molar-refractivity contribution in [3.8, 4) is 0 Å². The maximum atomic E-state index is 10.7. The number of fused-ring (bicyclic) bond motifs is 2. The zero-order chi connectivity index (χ0) is 8.06. The van der Waals surface area contributed by atoms with Crippen molar-refractivity contribution < 1.29 is 9.90 Å². The second-order valence-electron chi connectivity index (χ2n) is 3.56. The highest BCUT2D eigenvalue weighted by Crippen LogP contribution is 2.44. The number of hydrogen-bond acceptors (Lipinski definition) is 2. The molecule has 0 spiro atoms. The van der Waals surface area contributed by atoms with Gasteiger partial charge < -0.3 is 10.8 Å². The van der Waals surface area contributed by atoms with Crippen LogP contribution in [0.15, 0.2) is 12.2 Å². The van der Waals surface area contributed by atoms with Crippen molar-refractivity contribution in [3.63, 3.8) is 0 Å². The second kappa shape index (κ2) is 1.85. The van der Waals surface area contributed by atoms with E-state index in [2.05, 4.69) is 0 Å². The third kappa shape index (κ3) is 0.807. The fourth-order valence-corrected chi connectivity index (χ4v) is 2.18. The Bertz CT molecular complexity index is 236. The topological polar surface area (TPSA) is 63.3 Å². The highest BCUT2D eigenvalue weighted by molar-refractivity contribution is 5.73. The van der Waals surface area contributed by atoms with Crippen LogP contribution in [0.3, 0.4) is 0 Å². The van der Waals surface area contributed by atoms with Gasteiger partial charge in [0.1, 0.15) is 0 Å². The first-order chi connectivity index (χ1) is 5.12. The largest absolute Gasteiger partial charge is 0.481 e. The molecule has 0 aromatic carbocycles. The molecule has 0 aromatic heterocycles. The molecule has 0 amide bonds. The highest BCUT2D eigenvalue weighted by Gasteiger charge is 2.49. The smallest absolute Gasteiger partial charge is 0.308 e. The Hall–Kier alpha value is -0.830. The molecule has 0 heterocycles. The van der Waals surface area contributed by atoms with Gasteiger partial charge in [-0.3, -0.25) is 4.79 Å². The lowest BCUT2D eigenvalue weighted by atomic mass is 9.87. The Kier molecular flexibility index (Phi) is 1.16. The van der Waals surface area contributed by atoms with E-state index in [1.165, 1.54) is 0 Å². The number of aliphatic carboxylic acids is 1. The van der Waals surface area contributed by atoms with Crippen LogP contribution < -0.4 is 5.73 Å². The van der Waals surface area contributed by atoms with Crippen molar-refractivity contribution in [2.24, 2.45) is 17.6 Å². The molecule has 2 aliphatic rings. The van der Waals surface area contributed by atoms with E-state index in [0.29, 0.717) is 5.92 Å². The second-order valence-corrected chi connectivity index (χ2v) is 3.56. The van der Waals surface area contributed by atoms with Crippen LogP contribution in [0.5, 0.6) is 0 Å². The predicted molar refractivity (Wildman–Crippen MR) is 39.9 cm³/mol. The van der Waals surface area contributed by atoms with Gasteiger partial charge in [-0.05, 0) is 18.8 Å². The van der Waals surface area contributed by atoms with Gasteiger partial charge >= 0.3 is 5.97 Å². The summed E-state index contributed by atoms with van der Waals surface area (Å²) in [7, 11) is 0. The zero-order valence-corrected chi connectivity index (χ0v) is 6.16. The van der Waals surface area contributed by atoms with Gasteiger partial charge in [0.15, 0.2) is 0 Å². The molecule has 2 rings (SSSR count). The molecule has 11 heavy (non-hydrogen) atoms. The van der Waals surface area contributed by atoms with Crippen molar-refractivity contribution in [3.05, 3.63) is 12.2 Å². The molecular weight excluding hydrogens is 142 g/mol. The summed E-state index contributed by atoms with van der Waals surface area (Å²) in [4.78, 5) is 10.7. The molecular formula is C8H11NO2. The van der Waals surface area contributed by atoms with Gasteiger partial charge in [-0.2, -0.15) is 0 Å². The van der Waals surface area contributed by atoms with E-state index in [0.717, 1.165) is 12.8 Å². The van der Waals surface area contributed by atoms with Crippen LogP contribution in [0.1, 0.15) is 12.8 Å². The fourth-order valence-electron chi connectivity index (χ4n) is 2.18. The van der Waals surface area contributed by atoms with Crippen molar-refractivity contribution in [2.45, 2.75) is 18.4 Å². The molecule has 1 saturated carbocycles. The number of hydrogen-bond donors (Lipinski definition) is 2. The average molecular weight is 153 g/mol. The maximum absolute atomic E-state index is 10.7. The Labute approximate surface area is 64.9 Å². The Morgan fingerprint density at radius 3 is 2.73 bits per heavy atom. The van der Waals surface area contributed by atoms with E-state index >= 15 is 0 Å². The Balaban J connectivity index is 2.29. The first kappa shape index (κ1) is 6.85. The van der Waals surface area contributed by atoms with Crippen molar-refractivity contribution in [1.82, 2.24) is 0 Å². The lowest BCUT2D eigenvalue weighted by Crippen LogP contribution is -2.44. The Morgan fingerprint density at radius 1 is 1.73 bits per heavy atom. The van der Waals surface area contributed by atoms with Crippen LogP contribution in [0.2, 0.25) is 0 Å². The SMILES string of the molecule is NC12C=CC(CC1C(=O)O)C2. The van der Waals surface area contributed by atoms with Gasteiger partial charge in [0.2, 0.25) is 0 Å². The minimum Gasteiger partial charge on any atom is -0.481 e. The molecule has 60 valence electrons. The summed E-state index contributed by atoms with van der Waals surface area (Å²) in [5.41, 5.74) is 5.35. The molecule has 1 fully saturated rings. The number of allylic oxidation sites excluding steroid dienone is 1. The van der Waals surface area contributed by atoms with Crippen molar-refractivity contribution >= 4 is 5.97 Å². The highest BCUT2D eigenvalue weighted by atomic mass is 16.4. The summed E-state index contributed by atoms with van der Waals surface area (Å²) in [6.45, 7) is 0. The molecule has 2 bridgehead atoms. The van der Waals surface area contributed by atoms with Crippen LogP contribution in [-0.4, -0.2) is 16.6 Å². The normalized spacial score (nSPS) is 46.6. The monoisotopic (exact) mass is 153 g/mol.